The summed E-state index contributed by atoms with van der Waals surface area (Å²) < 4.78 is 5.48. The second-order valence-electron chi connectivity index (χ2n) is 4.55. The summed E-state index contributed by atoms with van der Waals surface area (Å²) >= 11 is 0. The van der Waals surface area contributed by atoms with Gasteiger partial charge in [0.2, 0.25) is 5.91 Å². The third-order valence-electron chi connectivity index (χ3n) is 2.90. The van der Waals surface area contributed by atoms with Crippen molar-refractivity contribution in [2.75, 3.05) is 13.2 Å². The number of benzene rings is 1. The molecule has 4 nitrogen and oxygen atoms in total. The number of hydrogen-bond donors (Lipinski definition) is 2. The van der Waals surface area contributed by atoms with Crippen LogP contribution in [0, 0.1) is 0 Å². The topological polar surface area (TPSA) is 64.3 Å². The van der Waals surface area contributed by atoms with E-state index in [1.165, 1.54) is 0 Å². The molecular weight excluding hydrogens is 276 g/mol. The maximum atomic E-state index is 11.7. The molecule has 1 aromatic carbocycles. The van der Waals surface area contributed by atoms with Gasteiger partial charge in [-0.15, -0.1) is 12.4 Å². The summed E-state index contributed by atoms with van der Waals surface area (Å²) in [5.41, 5.74) is 5.64. The Balaban J connectivity index is 0.00000361. The van der Waals surface area contributed by atoms with Crippen molar-refractivity contribution in [2.45, 2.75) is 38.6 Å². The second kappa shape index (κ2) is 11.6. The van der Waals surface area contributed by atoms with E-state index in [0.717, 1.165) is 25.0 Å². The Labute approximate surface area is 127 Å². The highest BCUT2D eigenvalue weighted by atomic mass is 35.5. The lowest BCUT2D eigenvalue weighted by Gasteiger charge is -2.16. The Morgan fingerprint density at radius 1 is 1.35 bits per heavy atom. The van der Waals surface area contributed by atoms with Gasteiger partial charge in [-0.2, -0.15) is 0 Å². The van der Waals surface area contributed by atoms with Gasteiger partial charge in [-0.05, 0) is 18.6 Å². The molecule has 0 bridgehead atoms. The van der Waals surface area contributed by atoms with Gasteiger partial charge in [0, 0.05) is 12.6 Å². The van der Waals surface area contributed by atoms with E-state index in [0.29, 0.717) is 19.6 Å². The summed E-state index contributed by atoms with van der Waals surface area (Å²) in [5, 5.41) is 2.94. The maximum Gasteiger partial charge on any atom is 0.223 e. The van der Waals surface area contributed by atoms with Crippen LogP contribution >= 0.6 is 12.4 Å². The molecule has 5 heteroatoms. The fourth-order valence-corrected chi connectivity index (χ4v) is 1.78. The fourth-order valence-electron chi connectivity index (χ4n) is 1.78. The molecule has 114 valence electrons. The van der Waals surface area contributed by atoms with Gasteiger partial charge in [0.15, 0.2) is 0 Å². The van der Waals surface area contributed by atoms with E-state index < -0.39 is 0 Å². The molecule has 0 aliphatic rings. The summed E-state index contributed by atoms with van der Waals surface area (Å²) in [6.07, 6.45) is 3.50. The Hall–Kier alpha value is -1.26. The van der Waals surface area contributed by atoms with E-state index in [1.54, 1.807) is 0 Å². The lowest BCUT2D eigenvalue weighted by Crippen LogP contribution is -2.40. The SMILES string of the molecule is CCCCC(CN)NC(=O)CCOc1ccccc1.Cl. The Morgan fingerprint density at radius 2 is 2.05 bits per heavy atom. The summed E-state index contributed by atoms with van der Waals surface area (Å²) in [7, 11) is 0. The number of halogens is 1. The first-order chi connectivity index (χ1) is 9.26. The van der Waals surface area contributed by atoms with Gasteiger partial charge in [0.25, 0.3) is 0 Å². The van der Waals surface area contributed by atoms with Crippen LogP contribution in [0.5, 0.6) is 5.75 Å². The Morgan fingerprint density at radius 3 is 2.65 bits per heavy atom. The van der Waals surface area contributed by atoms with Gasteiger partial charge in [-0.3, -0.25) is 4.79 Å². The molecule has 0 radical (unpaired) electrons. The number of amides is 1. The predicted molar refractivity (Wildman–Crippen MR) is 84.3 cm³/mol. The van der Waals surface area contributed by atoms with Crippen LogP contribution in [0.25, 0.3) is 0 Å². The van der Waals surface area contributed by atoms with Crippen molar-refractivity contribution >= 4 is 18.3 Å². The molecule has 1 aromatic rings. The quantitative estimate of drug-likeness (QED) is 0.736. The third-order valence-corrected chi connectivity index (χ3v) is 2.90. The number of ether oxygens (including phenoxy) is 1. The molecule has 0 aliphatic carbocycles. The number of para-hydroxylation sites is 1. The average Bonchev–Trinajstić information content (AvgIpc) is 2.44. The van der Waals surface area contributed by atoms with Crippen LogP contribution in [0.15, 0.2) is 30.3 Å². The lowest BCUT2D eigenvalue weighted by atomic mass is 10.1. The minimum Gasteiger partial charge on any atom is -0.493 e. The zero-order chi connectivity index (χ0) is 13.9. The maximum absolute atomic E-state index is 11.7. The molecule has 1 unspecified atom stereocenters. The molecule has 0 spiro atoms. The molecule has 20 heavy (non-hydrogen) atoms. The number of hydrogen-bond acceptors (Lipinski definition) is 3. The predicted octanol–water partition coefficient (Wildman–Crippen LogP) is 2.51. The molecule has 1 rings (SSSR count). The molecule has 3 N–H and O–H groups in total. The van der Waals surface area contributed by atoms with E-state index >= 15 is 0 Å². The zero-order valence-electron chi connectivity index (χ0n) is 12.0. The van der Waals surface area contributed by atoms with Gasteiger partial charge in [0.1, 0.15) is 5.75 Å². The molecule has 1 amide bonds. The first kappa shape index (κ1) is 18.7. The van der Waals surface area contributed by atoms with Gasteiger partial charge < -0.3 is 15.8 Å². The van der Waals surface area contributed by atoms with Crippen LogP contribution in [0.3, 0.4) is 0 Å². The molecule has 1 atom stereocenters. The molecule has 0 saturated carbocycles. The summed E-state index contributed by atoms with van der Waals surface area (Å²) in [6, 6.07) is 9.59. The van der Waals surface area contributed by atoms with Crippen molar-refractivity contribution in [3.05, 3.63) is 30.3 Å². The van der Waals surface area contributed by atoms with Crippen LogP contribution in [0.1, 0.15) is 32.6 Å². The molecule has 0 aliphatic heterocycles. The Bertz CT molecular complexity index is 360. The van der Waals surface area contributed by atoms with Gasteiger partial charge in [0.05, 0.1) is 13.0 Å². The standard InChI is InChI=1S/C15H24N2O2.ClH/c1-2-3-7-13(12-16)17-15(18)10-11-19-14-8-5-4-6-9-14;/h4-6,8-9,13H,2-3,7,10-12,16H2,1H3,(H,17,18);1H. The van der Waals surface area contributed by atoms with Gasteiger partial charge in [-0.1, -0.05) is 38.0 Å². The number of rotatable bonds is 9. The molecule has 0 saturated heterocycles. The summed E-state index contributed by atoms with van der Waals surface area (Å²) in [5.74, 6) is 0.791. The minimum absolute atomic E-state index is 0. The van der Waals surface area contributed by atoms with Gasteiger partial charge >= 0.3 is 0 Å². The second-order valence-corrected chi connectivity index (χ2v) is 4.55. The fraction of sp³-hybridized carbons (Fsp3) is 0.533. The molecule has 0 aromatic heterocycles. The highest BCUT2D eigenvalue weighted by molar-refractivity contribution is 5.85. The molecule has 0 heterocycles. The van der Waals surface area contributed by atoms with E-state index in [-0.39, 0.29) is 24.4 Å². The van der Waals surface area contributed by atoms with E-state index in [2.05, 4.69) is 12.2 Å². The average molecular weight is 301 g/mol. The Kier molecular flexibility index (Phi) is 10.8. The van der Waals surface area contributed by atoms with Crippen molar-refractivity contribution in [1.82, 2.24) is 5.32 Å². The lowest BCUT2D eigenvalue weighted by molar-refractivity contribution is -0.122. The monoisotopic (exact) mass is 300 g/mol. The molecule has 0 fully saturated rings. The minimum atomic E-state index is 0. The highest BCUT2D eigenvalue weighted by Crippen LogP contribution is 2.08. The first-order valence-corrected chi connectivity index (χ1v) is 6.93. The number of carbonyl (C=O) groups is 1. The van der Waals surface area contributed by atoms with Crippen molar-refractivity contribution in [1.29, 1.82) is 0 Å². The van der Waals surface area contributed by atoms with E-state index in [9.17, 15) is 4.79 Å². The van der Waals surface area contributed by atoms with E-state index in [4.69, 9.17) is 10.5 Å². The van der Waals surface area contributed by atoms with Crippen LogP contribution in [0.2, 0.25) is 0 Å². The zero-order valence-corrected chi connectivity index (χ0v) is 12.8. The van der Waals surface area contributed by atoms with Crippen molar-refractivity contribution < 1.29 is 9.53 Å². The van der Waals surface area contributed by atoms with Crippen molar-refractivity contribution in [3.63, 3.8) is 0 Å². The highest BCUT2D eigenvalue weighted by Gasteiger charge is 2.09. The van der Waals surface area contributed by atoms with Crippen LogP contribution in [-0.2, 0) is 4.79 Å². The number of nitrogens with one attached hydrogen (secondary N) is 1. The smallest absolute Gasteiger partial charge is 0.223 e. The van der Waals surface area contributed by atoms with Gasteiger partial charge in [-0.25, -0.2) is 0 Å². The third kappa shape index (κ3) is 8.02. The largest absolute Gasteiger partial charge is 0.493 e. The van der Waals surface area contributed by atoms with Crippen molar-refractivity contribution in [2.24, 2.45) is 5.73 Å². The van der Waals surface area contributed by atoms with Crippen LogP contribution in [0.4, 0.5) is 0 Å². The van der Waals surface area contributed by atoms with E-state index in [1.807, 2.05) is 30.3 Å². The first-order valence-electron chi connectivity index (χ1n) is 6.93. The molecular formula is C15H25ClN2O2. The number of unbranched alkanes of at least 4 members (excludes halogenated alkanes) is 1. The number of nitrogens with two attached hydrogens (primary N) is 1. The van der Waals surface area contributed by atoms with Crippen LogP contribution in [-0.4, -0.2) is 25.1 Å². The van der Waals surface area contributed by atoms with Crippen LogP contribution < -0.4 is 15.8 Å². The summed E-state index contributed by atoms with van der Waals surface area (Å²) in [6.45, 7) is 3.01. The summed E-state index contributed by atoms with van der Waals surface area (Å²) in [4.78, 5) is 11.7. The number of carbonyl (C=O) groups excluding carboxylic acids is 1. The normalized spacial score (nSPS) is 11.3. The van der Waals surface area contributed by atoms with Crippen molar-refractivity contribution in [3.8, 4) is 5.75 Å².